The lowest BCUT2D eigenvalue weighted by molar-refractivity contribution is 0.623. The van der Waals surface area contributed by atoms with Crippen molar-refractivity contribution in [2.45, 2.75) is 39.3 Å². The van der Waals surface area contributed by atoms with E-state index >= 15 is 0 Å². The first-order valence-electron chi connectivity index (χ1n) is 9.38. The highest BCUT2D eigenvalue weighted by atomic mass is 15.1. The maximum absolute atomic E-state index is 4.85. The van der Waals surface area contributed by atoms with E-state index in [-0.39, 0.29) is 6.04 Å². The smallest absolute Gasteiger partial charge is 0.163 e. The monoisotopic (exact) mass is 360 g/mol. The molecule has 0 aliphatic carbocycles. The fourth-order valence-corrected chi connectivity index (χ4v) is 3.41. The molecule has 6 nitrogen and oxygen atoms in total. The molecule has 0 fully saturated rings. The Balaban J connectivity index is 1.63. The molecule has 0 saturated carbocycles. The Kier molecular flexibility index (Phi) is 5.07. The summed E-state index contributed by atoms with van der Waals surface area (Å²) in [5, 5.41) is 7.02. The summed E-state index contributed by atoms with van der Waals surface area (Å²) in [5.74, 6) is 1.65. The molecule has 0 radical (unpaired) electrons. The molecule has 1 atom stereocenters. The summed E-state index contributed by atoms with van der Waals surface area (Å²) in [6, 6.07) is 8.21. The summed E-state index contributed by atoms with van der Waals surface area (Å²) in [5.41, 5.74) is 5.55. The Morgan fingerprint density at radius 2 is 2.07 bits per heavy atom. The van der Waals surface area contributed by atoms with Crippen LogP contribution in [0.25, 0.3) is 11.4 Å². The summed E-state index contributed by atoms with van der Waals surface area (Å²) in [7, 11) is 0. The van der Waals surface area contributed by atoms with Crippen LogP contribution in [-0.2, 0) is 19.4 Å². The lowest BCUT2D eigenvalue weighted by Crippen LogP contribution is -2.28. The maximum Gasteiger partial charge on any atom is 0.163 e. The molecule has 4 heterocycles. The van der Waals surface area contributed by atoms with Crippen molar-refractivity contribution in [2.75, 3.05) is 11.9 Å². The van der Waals surface area contributed by atoms with Gasteiger partial charge in [-0.05, 0) is 50.6 Å². The van der Waals surface area contributed by atoms with Gasteiger partial charge < -0.3 is 10.6 Å². The Morgan fingerprint density at radius 3 is 2.89 bits per heavy atom. The van der Waals surface area contributed by atoms with Gasteiger partial charge in [-0.1, -0.05) is 6.07 Å². The van der Waals surface area contributed by atoms with E-state index in [9.17, 15) is 0 Å². The zero-order valence-electron chi connectivity index (χ0n) is 15.7. The molecule has 0 spiro atoms. The standard InChI is InChI=1S/C21H24N6/c1-14-5-3-9-24-18(14)11-15(2)25-21-17-7-10-23-13-19(17)26-20(27-21)16-6-4-8-22-12-16/h3-6,8-9,12,15,23H,7,10-11,13H2,1-2H3,(H,25,26,27). The number of aryl methyl sites for hydroxylation is 1. The van der Waals surface area contributed by atoms with Crippen LogP contribution in [0.15, 0.2) is 42.9 Å². The third-order valence-electron chi connectivity index (χ3n) is 4.86. The number of hydrogen-bond acceptors (Lipinski definition) is 6. The number of nitrogens with one attached hydrogen (secondary N) is 2. The van der Waals surface area contributed by atoms with Gasteiger partial charge in [0.15, 0.2) is 5.82 Å². The summed E-state index contributed by atoms with van der Waals surface area (Å²) in [4.78, 5) is 18.4. The van der Waals surface area contributed by atoms with E-state index in [0.717, 1.165) is 48.7 Å². The summed E-state index contributed by atoms with van der Waals surface area (Å²) in [6.45, 7) is 6.00. The molecule has 138 valence electrons. The molecule has 1 unspecified atom stereocenters. The quantitative estimate of drug-likeness (QED) is 0.729. The second kappa shape index (κ2) is 7.80. The topological polar surface area (TPSA) is 75.6 Å². The van der Waals surface area contributed by atoms with Crippen molar-refractivity contribution < 1.29 is 0 Å². The summed E-state index contributed by atoms with van der Waals surface area (Å²) in [6.07, 6.45) is 7.21. The Morgan fingerprint density at radius 1 is 1.19 bits per heavy atom. The van der Waals surface area contributed by atoms with Crippen LogP contribution < -0.4 is 10.6 Å². The number of aromatic nitrogens is 4. The van der Waals surface area contributed by atoms with Crippen molar-refractivity contribution in [1.82, 2.24) is 25.3 Å². The van der Waals surface area contributed by atoms with E-state index in [4.69, 9.17) is 9.97 Å². The van der Waals surface area contributed by atoms with Crippen molar-refractivity contribution in [1.29, 1.82) is 0 Å². The molecule has 0 bridgehead atoms. The van der Waals surface area contributed by atoms with Gasteiger partial charge in [0.25, 0.3) is 0 Å². The van der Waals surface area contributed by atoms with Gasteiger partial charge in [-0.15, -0.1) is 0 Å². The second-order valence-electron chi connectivity index (χ2n) is 7.01. The molecule has 4 rings (SSSR count). The molecule has 27 heavy (non-hydrogen) atoms. The zero-order chi connectivity index (χ0) is 18.6. The van der Waals surface area contributed by atoms with Gasteiger partial charge in [0.1, 0.15) is 5.82 Å². The highest BCUT2D eigenvalue weighted by Gasteiger charge is 2.19. The van der Waals surface area contributed by atoms with Crippen LogP contribution in [0.4, 0.5) is 5.82 Å². The van der Waals surface area contributed by atoms with Gasteiger partial charge in [-0.25, -0.2) is 9.97 Å². The molecule has 3 aromatic heterocycles. The number of anilines is 1. The van der Waals surface area contributed by atoms with E-state index in [1.807, 2.05) is 30.6 Å². The van der Waals surface area contributed by atoms with Crippen LogP contribution in [0.5, 0.6) is 0 Å². The highest BCUT2D eigenvalue weighted by molar-refractivity contribution is 5.59. The SMILES string of the molecule is Cc1cccnc1CC(C)Nc1nc(-c2cccnc2)nc2c1CCNC2. The summed E-state index contributed by atoms with van der Waals surface area (Å²) >= 11 is 0. The second-order valence-corrected chi connectivity index (χ2v) is 7.01. The van der Waals surface area contributed by atoms with Crippen molar-refractivity contribution in [2.24, 2.45) is 0 Å². The lowest BCUT2D eigenvalue weighted by atomic mass is 10.0. The molecular weight excluding hydrogens is 336 g/mol. The number of nitrogens with zero attached hydrogens (tertiary/aromatic N) is 4. The molecule has 1 aliphatic rings. The number of rotatable bonds is 5. The van der Waals surface area contributed by atoms with Crippen LogP contribution in [0.2, 0.25) is 0 Å². The third kappa shape index (κ3) is 3.95. The largest absolute Gasteiger partial charge is 0.367 e. The normalized spacial score (nSPS) is 14.4. The Labute approximate surface area is 159 Å². The van der Waals surface area contributed by atoms with Crippen LogP contribution in [-0.4, -0.2) is 32.5 Å². The van der Waals surface area contributed by atoms with E-state index in [2.05, 4.69) is 40.5 Å². The van der Waals surface area contributed by atoms with Gasteiger partial charge in [0.2, 0.25) is 0 Å². The van der Waals surface area contributed by atoms with Gasteiger partial charge in [-0.3, -0.25) is 9.97 Å². The molecule has 6 heteroatoms. The maximum atomic E-state index is 4.85. The van der Waals surface area contributed by atoms with Gasteiger partial charge in [0, 0.05) is 54.4 Å². The van der Waals surface area contributed by atoms with Gasteiger partial charge in [-0.2, -0.15) is 0 Å². The van der Waals surface area contributed by atoms with Crippen molar-refractivity contribution in [3.8, 4) is 11.4 Å². The van der Waals surface area contributed by atoms with Crippen LogP contribution in [0.1, 0.15) is 29.4 Å². The first-order valence-corrected chi connectivity index (χ1v) is 9.38. The third-order valence-corrected chi connectivity index (χ3v) is 4.86. The fraction of sp³-hybridized carbons (Fsp3) is 0.333. The number of pyridine rings is 2. The Bertz CT molecular complexity index is 925. The zero-order valence-corrected chi connectivity index (χ0v) is 15.7. The lowest BCUT2D eigenvalue weighted by Gasteiger charge is -2.23. The summed E-state index contributed by atoms with van der Waals surface area (Å²) < 4.78 is 0. The number of hydrogen-bond donors (Lipinski definition) is 2. The minimum Gasteiger partial charge on any atom is -0.367 e. The van der Waals surface area contributed by atoms with E-state index in [1.165, 1.54) is 11.1 Å². The first-order chi connectivity index (χ1) is 13.2. The van der Waals surface area contributed by atoms with Crippen molar-refractivity contribution in [3.05, 3.63) is 65.4 Å². The van der Waals surface area contributed by atoms with Crippen LogP contribution in [0, 0.1) is 6.92 Å². The number of fused-ring (bicyclic) bond motifs is 1. The molecule has 2 N–H and O–H groups in total. The minimum absolute atomic E-state index is 0.217. The predicted octanol–water partition coefficient (Wildman–Crippen LogP) is 2.93. The Hall–Kier alpha value is -2.86. The average molecular weight is 360 g/mol. The average Bonchev–Trinajstić information content (AvgIpc) is 2.70. The van der Waals surface area contributed by atoms with Crippen molar-refractivity contribution >= 4 is 5.82 Å². The van der Waals surface area contributed by atoms with Crippen molar-refractivity contribution in [3.63, 3.8) is 0 Å². The first kappa shape index (κ1) is 17.5. The molecule has 0 amide bonds. The van der Waals surface area contributed by atoms with Gasteiger partial charge >= 0.3 is 0 Å². The molecule has 0 aromatic carbocycles. The van der Waals surface area contributed by atoms with E-state index in [0.29, 0.717) is 5.82 Å². The molecule has 3 aromatic rings. The highest BCUT2D eigenvalue weighted by Crippen LogP contribution is 2.25. The van der Waals surface area contributed by atoms with E-state index < -0.39 is 0 Å². The fourth-order valence-electron chi connectivity index (χ4n) is 3.41. The predicted molar refractivity (Wildman–Crippen MR) is 106 cm³/mol. The molecule has 0 saturated heterocycles. The molecular formula is C21H24N6. The van der Waals surface area contributed by atoms with E-state index in [1.54, 1.807) is 6.20 Å². The van der Waals surface area contributed by atoms with Gasteiger partial charge in [0.05, 0.1) is 5.69 Å². The minimum atomic E-state index is 0.217. The van der Waals surface area contributed by atoms with Crippen LogP contribution in [0.3, 0.4) is 0 Å². The molecule has 1 aliphatic heterocycles. The van der Waals surface area contributed by atoms with Crippen LogP contribution >= 0.6 is 0 Å².